The molecule has 0 fully saturated rings. The van der Waals surface area contributed by atoms with E-state index < -0.39 is 17.8 Å². The van der Waals surface area contributed by atoms with Gasteiger partial charge in [0.15, 0.2) is 0 Å². The molecule has 0 aromatic heterocycles. The summed E-state index contributed by atoms with van der Waals surface area (Å²) in [5, 5.41) is 0. The molecule has 0 aliphatic heterocycles. The quantitative estimate of drug-likeness (QED) is 0.853. The fourth-order valence-electron chi connectivity index (χ4n) is 3.09. The van der Waals surface area contributed by atoms with Gasteiger partial charge in [-0.2, -0.15) is 13.2 Å². The van der Waals surface area contributed by atoms with E-state index in [0.29, 0.717) is 17.5 Å². The third-order valence-corrected chi connectivity index (χ3v) is 4.18. The Morgan fingerprint density at radius 2 is 1.88 bits per heavy atom. The van der Waals surface area contributed by atoms with Crippen LogP contribution in [-0.2, 0) is 17.3 Å². The van der Waals surface area contributed by atoms with Crippen LogP contribution >= 0.6 is 0 Å². The third-order valence-electron chi connectivity index (χ3n) is 4.18. The highest BCUT2D eigenvalue weighted by molar-refractivity contribution is 5.67. The van der Waals surface area contributed by atoms with Crippen molar-refractivity contribution in [3.63, 3.8) is 0 Å². The molecule has 1 amide bonds. The number of rotatable bonds is 2. The summed E-state index contributed by atoms with van der Waals surface area (Å²) in [4.78, 5) is 11.0. The van der Waals surface area contributed by atoms with Gasteiger partial charge in [0.2, 0.25) is 0 Å². The van der Waals surface area contributed by atoms with Crippen LogP contribution in [-0.4, -0.2) is 6.09 Å². The zero-order valence-electron chi connectivity index (χ0n) is 12.8. The molecule has 2 N–H and O–H groups in total. The van der Waals surface area contributed by atoms with Gasteiger partial charge >= 0.3 is 12.3 Å². The van der Waals surface area contributed by atoms with E-state index in [1.165, 1.54) is 6.07 Å². The second-order valence-electron chi connectivity index (χ2n) is 5.81. The molecule has 0 saturated carbocycles. The number of halogens is 3. The number of aryl methyl sites for hydroxylation is 1. The summed E-state index contributed by atoms with van der Waals surface area (Å²) in [5.41, 5.74) is 7.48. The maximum atomic E-state index is 12.9. The minimum atomic E-state index is -4.37. The average Bonchev–Trinajstić information content (AvgIpc) is 2.53. The molecule has 1 aliphatic carbocycles. The molecule has 0 bridgehead atoms. The second kappa shape index (κ2) is 6.19. The smallest absolute Gasteiger partial charge is 0.416 e. The third kappa shape index (κ3) is 3.37. The number of amides is 1. The number of hydrogen-bond acceptors (Lipinski definition) is 2. The minimum absolute atomic E-state index is 0.387. The molecule has 1 aliphatic rings. The van der Waals surface area contributed by atoms with Crippen molar-refractivity contribution in [1.29, 1.82) is 0 Å². The molecule has 3 rings (SSSR count). The van der Waals surface area contributed by atoms with Gasteiger partial charge in [0.25, 0.3) is 0 Å². The summed E-state index contributed by atoms with van der Waals surface area (Å²) in [7, 11) is 0. The Bertz CT molecular complexity index is 771. The highest BCUT2D eigenvalue weighted by atomic mass is 19.4. The number of benzene rings is 2. The van der Waals surface area contributed by atoms with E-state index in [4.69, 9.17) is 10.5 Å². The molecule has 0 spiro atoms. The van der Waals surface area contributed by atoms with Crippen molar-refractivity contribution < 1.29 is 22.7 Å². The first-order valence-electron chi connectivity index (χ1n) is 7.61. The van der Waals surface area contributed by atoms with Gasteiger partial charge in [-0.05, 0) is 53.6 Å². The SMILES string of the molecule is NC(=O)OC1CCCc2cc(-c3cccc(C(F)(F)F)c3)ccc21. The largest absolute Gasteiger partial charge is 0.442 e. The summed E-state index contributed by atoms with van der Waals surface area (Å²) >= 11 is 0. The number of carbonyl (C=O) groups excluding carboxylic acids is 1. The van der Waals surface area contributed by atoms with Crippen molar-refractivity contribution in [3.05, 3.63) is 59.2 Å². The van der Waals surface area contributed by atoms with E-state index in [0.717, 1.165) is 36.1 Å². The van der Waals surface area contributed by atoms with Crippen molar-refractivity contribution >= 4 is 6.09 Å². The lowest BCUT2D eigenvalue weighted by Crippen LogP contribution is -2.20. The van der Waals surface area contributed by atoms with E-state index >= 15 is 0 Å². The Kier molecular flexibility index (Phi) is 4.22. The molecule has 2 aromatic carbocycles. The van der Waals surface area contributed by atoms with Gasteiger partial charge in [-0.3, -0.25) is 0 Å². The number of nitrogens with two attached hydrogens (primary N) is 1. The molecule has 2 aromatic rings. The number of primary amides is 1. The molecule has 0 heterocycles. The van der Waals surface area contributed by atoms with Gasteiger partial charge in [0, 0.05) is 0 Å². The Hall–Kier alpha value is -2.50. The zero-order valence-corrected chi connectivity index (χ0v) is 12.8. The van der Waals surface area contributed by atoms with Gasteiger partial charge in [-0.15, -0.1) is 0 Å². The fourth-order valence-corrected chi connectivity index (χ4v) is 3.09. The van der Waals surface area contributed by atoms with Crippen molar-refractivity contribution in [2.24, 2.45) is 5.73 Å². The molecule has 0 saturated heterocycles. The molecule has 1 unspecified atom stereocenters. The summed E-state index contributed by atoms with van der Waals surface area (Å²) < 4.78 is 43.7. The average molecular weight is 335 g/mol. The number of alkyl halides is 3. The standard InChI is InChI=1S/C18H16F3NO2/c19-18(20,21)14-5-1-3-11(10-14)12-7-8-15-13(9-12)4-2-6-16(15)24-17(22)23/h1,3,5,7-10,16H,2,4,6H2,(H2,22,23). The first-order chi connectivity index (χ1) is 11.3. The van der Waals surface area contributed by atoms with Crippen LogP contribution in [0, 0.1) is 0 Å². The Morgan fingerprint density at radius 3 is 2.58 bits per heavy atom. The fraction of sp³-hybridized carbons (Fsp3) is 0.278. The predicted molar refractivity (Wildman–Crippen MR) is 83.2 cm³/mol. The van der Waals surface area contributed by atoms with Crippen LogP contribution in [0.5, 0.6) is 0 Å². The number of ether oxygens (including phenoxy) is 1. The zero-order chi connectivity index (χ0) is 17.3. The molecule has 0 radical (unpaired) electrons. The van der Waals surface area contributed by atoms with E-state index in [1.54, 1.807) is 18.2 Å². The first kappa shape index (κ1) is 16.4. The van der Waals surface area contributed by atoms with Crippen LogP contribution in [0.3, 0.4) is 0 Å². The number of carbonyl (C=O) groups is 1. The number of fused-ring (bicyclic) bond motifs is 1. The lowest BCUT2D eigenvalue weighted by molar-refractivity contribution is -0.137. The van der Waals surface area contributed by atoms with E-state index in [1.807, 2.05) is 6.07 Å². The van der Waals surface area contributed by atoms with Crippen molar-refractivity contribution in [1.82, 2.24) is 0 Å². The number of hydrogen-bond donors (Lipinski definition) is 1. The summed E-state index contributed by atoms with van der Waals surface area (Å²) in [6.45, 7) is 0. The lowest BCUT2D eigenvalue weighted by Gasteiger charge is -2.25. The summed E-state index contributed by atoms with van der Waals surface area (Å²) in [6.07, 6.45) is -3.27. The molecular formula is C18H16F3NO2. The van der Waals surface area contributed by atoms with E-state index in [2.05, 4.69) is 0 Å². The maximum Gasteiger partial charge on any atom is 0.416 e. The van der Waals surface area contributed by atoms with E-state index in [-0.39, 0.29) is 6.10 Å². The van der Waals surface area contributed by atoms with Crippen LogP contribution in [0.2, 0.25) is 0 Å². The van der Waals surface area contributed by atoms with Crippen molar-refractivity contribution in [3.8, 4) is 11.1 Å². The molecule has 3 nitrogen and oxygen atoms in total. The Balaban J connectivity index is 1.96. The highest BCUT2D eigenvalue weighted by Gasteiger charge is 2.30. The van der Waals surface area contributed by atoms with Gasteiger partial charge in [0.1, 0.15) is 6.10 Å². The lowest BCUT2D eigenvalue weighted by atomic mass is 9.87. The molecular weight excluding hydrogens is 319 g/mol. The van der Waals surface area contributed by atoms with Crippen LogP contribution in [0.25, 0.3) is 11.1 Å². The van der Waals surface area contributed by atoms with Gasteiger partial charge < -0.3 is 10.5 Å². The monoisotopic (exact) mass is 335 g/mol. The second-order valence-corrected chi connectivity index (χ2v) is 5.81. The normalized spacial score (nSPS) is 17.2. The van der Waals surface area contributed by atoms with Crippen LogP contribution < -0.4 is 5.73 Å². The maximum absolute atomic E-state index is 12.9. The first-order valence-corrected chi connectivity index (χ1v) is 7.61. The van der Waals surface area contributed by atoms with Crippen molar-refractivity contribution in [2.75, 3.05) is 0 Å². The molecule has 6 heteroatoms. The van der Waals surface area contributed by atoms with Crippen LogP contribution in [0.1, 0.15) is 35.6 Å². The topological polar surface area (TPSA) is 52.3 Å². The Morgan fingerprint density at radius 1 is 1.12 bits per heavy atom. The summed E-state index contributed by atoms with van der Waals surface area (Å²) in [5.74, 6) is 0. The molecule has 126 valence electrons. The van der Waals surface area contributed by atoms with Gasteiger partial charge in [-0.1, -0.05) is 30.3 Å². The highest BCUT2D eigenvalue weighted by Crippen LogP contribution is 2.36. The molecule has 1 atom stereocenters. The van der Waals surface area contributed by atoms with Crippen molar-refractivity contribution in [2.45, 2.75) is 31.5 Å². The van der Waals surface area contributed by atoms with Gasteiger partial charge in [0.05, 0.1) is 5.56 Å². The van der Waals surface area contributed by atoms with Crippen LogP contribution in [0.15, 0.2) is 42.5 Å². The minimum Gasteiger partial charge on any atom is -0.442 e. The molecule has 24 heavy (non-hydrogen) atoms. The Labute approximate surface area is 137 Å². The summed E-state index contributed by atoms with van der Waals surface area (Å²) in [6, 6.07) is 10.7. The van der Waals surface area contributed by atoms with E-state index in [9.17, 15) is 18.0 Å². The van der Waals surface area contributed by atoms with Crippen LogP contribution in [0.4, 0.5) is 18.0 Å². The predicted octanol–water partition coefficient (Wildman–Crippen LogP) is 4.85. The van der Waals surface area contributed by atoms with Gasteiger partial charge in [-0.25, -0.2) is 4.79 Å².